The molecule has 1 aliphatic rings. The molecule has 1 aromatic heterocycles. The van der Waals surface area contributed by atoms with Crippen molar-refractivity contribution in [3.05, 3.63) is 52.6 Å². The van der Waals surface area contributed by atoms with E-state index in [1.54, 1.807) is 0 Å². The summed E-state index contributed by atoms with van der Waals surface area (Å²) in [7, 11) is 0. The Morgan fingerprint density at radius 1 is 1.22 bits per heavy atom. The van der Waals surface area contributed by atoms with E-state index in [9.17, 15) is 4.79 Å². The standard InChI is InChI=1S/C17H21ClN4O/c18-14-6-4-13(5-7-14)11-20-17(23)19-9-8-15-12-22-10-2-1-3-16(22)21-15/h4-7,12H,1-3,8-11H2,(H2,19,20,23). The number of nitrogens with zero attached hydrogens (tertiary/aromatic N) is 2. The fourth-order valence-corrected chi connectivity index (χ4v) is 2.87. The van der Waals surface area contributed by atoms with E-state index in [2.05, 4.69) is 26.4 Å². The Kier molecular flexibility index (Phi) is 5.18. The van der Waals surface area contributed by atoms with Crippen molar-refractivity contribution in [2.24, 2.45) is 0 Å². The first-order chi connectivity index (χ1) is 11.2. The molecule has 5 nitrogen and oxygen atoms in total. The number of urea groups is 1. The lowest BCUT2D eigenvalue weighted by Gasteiger charge is -2.11. The number of nitrogens with one attached hydrogen (secondary N) is 2. The number of halogens is 1. The largest absolute Gasteiger partial charge is 0.338 e. The van der Waals surface area contributed by atoms with Crippen LogP contribution in [0.25, 0.3) is 0 Å². The lowest BCUT2D eigenvalue weighted by molar-refractivity contribution is 0.240. The van der Waals surface area contributed by atoms with Crippen molar-refractivity contribution < 1.29 is 4.79 Å². The fourth-order valence-electron chi connectivity index (χ4n) is 2.74. The zero-order chi connectivity index (χ0) is 16.1. The van der Waals surface area contributed by atoms with Gasteiger partial charge in [0, 0.05) is 43.7 Å². The normalized spacial score (nSPS) is 13.4. The number of rotatable bonds is 5. The molecule has 0 fully saturated rings. The van der Waals surface area contributed by atoms with Crippen molar-refractivity contribution >= 4 is 17.6 Å². The Hall–Kier alpha value is -2.01. The summed E-state index contributed by atoms with van der Waals surface area (Å²) >= 11 is 5.83. The van der Waals surface area contributed by atoms with Gasteiger partial charge in [0.2, 0.25) is 0 Å². The Morgan fingerprint density at radius 2 is 2.04 bits per heavy atom. The van der Waals surface area contributed by atoms with E-state index in [-0.39, 0.29) is 6.03 Å². The molecule has 0 saturated carbocycles. The first-order valence-corrected chi connectivity index (χ1v) is 8.39. The van der Waals surface area contributed by atoms with E-state index < -0.39 is 0 Å². The molecule has 3 rings (SSSR count). The summed E-state index contributed by atoms with van der Waals surface area (Å²) in [4.78, 5) is 16.4. The summed E-state index contributed by atoms with van der Waals surface area (Å²) in [5.41, 5.74) is 2.08. The van der Waals surface area contributed by atoms with Crippen LogP contribution < -0.4 is 10.6 Å². The lowest BCUT2D eigenvalue weighted by atomic mass is 10.2. The number of fused-ring (bicyclic) bond motifs is 1. The number of carbonyl (C=O) groups is 1. The molecule has 2 N–H and O–H groups in total. The Balaban J connectivity index is 1.39. The van der Waals surface area contributed by atoms with Gasteiger partial charge in [-0.05, 0) is 30.5 Å². The number of imidazole rings is 1. The van der Waals surface area contributed by atoms with E-state index in [4.69, 9.17) is 11.6 Å². The van der Waals surface area contributed by atoms with Crippen LogP contribution in [-0.2, 0) is 25.9 Å². The van der Waals surface area contributed by atoms with E-state index in [0.717, 1.165) is 30.6 Å². The zero-order valence-electron chi connectivity index (χ0n) is 13.0. The SMILES string of the molecule is O=C(NCCc1cn2c(n1)CCCC2)NCc1ccc(Cl)cc1. The van der Waals surface area contributed by atoms with Crippen LogP contribution in [0.1, 0.15) is 29.9 Å². The highest BCUT2D eigenvalue weighted by atomic mass is 35.5. The Bertz CT molecular complexity index is 642. The summed E-state index contributed by atoms with van der Waals surface area (Å²) in [6, 6.07) is 7.27. The monoisotopic (exact) mass is 332 g/mol. The van der Waals surface area contributed by atoms with Crippen molar-refractivity contribution in [1.29, 1.82) is 0 Å². The van der Waals surface area contributed by atoms with Crippen molar-refractivity contribution in [3.63, 3.8) is 0 Å². The van der Waals surface area contributed by atoms with Crippen LogP contribution in [0.4, 0.5) is 4.79 Å². The van der Waals surface area contributed by atoms with Crippen LogP contribution in [0.5, 0.6) is 0 Å². The average Bonchev–Trinajstić information content (AvgIpc) is 2.97. The molecule has 0 unspecified atom stereocenters. The van der Waals surface area contributed by atoms with E-state index in [1.165, 1.54) is 18.7 Å². The van der Waals surface area contributed by atoms with Gasteiger partial charge in [0.25, 0.3) is 0 Å². The number of aromatic nitrogens is 2. The van der Waals surface area contributed by atoms with Gasteiger partial charge in [0.15, 0.2) is 0 Å². The highest BCUT2D eigenvalue weighted by molar-refractivity contribution is 6.30. The molecule has 1 aromatic carbocycles. The van der Waals surface area contributed by atoms with E-state index in [0.29, 0.717) is 18.1 Å². The third-order valence-electron chi connectivity index (χ3n) is 3.99. The average molecular weight is 333 g/mol. The van der Waals surface area contributed by atoms with Crippen LogP contribution in [0.3, 0.4) is 0 Å². The molecular weight excluding hydrogens is 312 g/mol. The van der Waals surface area contributed by atoms with Crippen LogP contribution in [0.2, 0.25) is 5.02 Å². The van der Waals surface area contributed by atoms with Crippen molar-refractivity contribution in [3.8, 4) is 0 Å². The third kappa shape index (κ3) is 4.48. The predicted molar refractivity (Wildman–Crippen MR) is 90.6 cm³/mol. The summed E-state index contributed by atoms with van der Waals surface area (Å²) < 4.78 is 2.24. The number of amides is 2. The van der Waals surface area contributed by atoms with Gasteiger partial charge in [-0.2, -0.15) is 0 Å². The summed E-state index contributed by atoms with van der Waals surface area (Å²) in [5.74, 6) is 1.18. The van der Waals surface area contributed by atoms with Crippen molar-refractivity contribution in [1.82, 2.24) is 20.2 Å². The van der Waals surface area contributed by atoms with Gasteiger partial charge in [-0.1, -0.05) is 23.7 Å². The maximum absolute atomic E-state index is 11.8. The summed E-state index contributed by atoms with van der Waals surface area (Å²) in [6.07, 6.45) is 6.39. The second kappa shape index (κ2) is 7.51. The second-order valence-corrected chi connectivity index (χ2v) is 6.22. The molecule has 2 heterocycles. The molecule has 122 valence electrons. The van der Waals surface area contributed by atoms with E-state index >= 15 is 0 Å². The summed E-state index contributed by atoms with van der Waals surface area (Å²) in [5, 5.41) is 6.40. The molecule has 23 heavy (non-hydrogen) atoms. The quantitative estimate of drug-likeness (QED) is 0.884. The van der Waals surface area contributed by atoms with Gasteiger partial charge in [-0.15, -0.1) is 0 Å². The third-order valence-corrected chi connectivity index (χ3v) is 4.24. The van der Waals surface area contributed by atoms with Gasteiger partial charge in [0.1, 0.15) is 5.82 Å². The molecule has 0 atom stereocenters. The number of hydrogen-bond acceptors (Lipinski definition) is 2. The maximum Gasteiger partial charge on any atom is 0.315 e. The van der Waals surface area contributed by atoms with Crippen LogP contribution in [-0.4, -0.2) is 22.1 Å². The van der Waals surface area contributed by atoms with Crippen LogP contribution in [0, 0.1) is 0 Å². The zero-order valence-corrected chi connectivity index (χ0v) is 13.8. The van der Waals surface area contributed by atoms with Gasteiger partial charge >= 0.3 is 6.03 Å². The number of benzene rings is 1. The lowest BCUT2D eigenvalue weighted by Crippen LogP contribution is -2.36. The first kappa shape index (κ1) is 15.9. The minimum Gasteiger partial charge on any atom is -0.338 e. The number of aryl methyl sites for hydroxylation is 2. The molecule has 6 heteroatoms. The predicted octanol–water partition coefficient (Wildman–Crippen LogP) is 2.91. The molecule has 0 spiro atoms. The highest BCUT2D eigenvalue weighted by Crippen LogP contribution is 2.14. The highest BCUT2D eigenvalue weighted by Gasteiger charge is 2.12. The molecule has 2 amide bonds. The molecular formula is C17H21ClN4O. The Morgan fingerprint density at radius 3 is 2.83 bits per heavy atom. The van der Waals surface area contributed by atoms with Crippen molar-refractivity contribution in [2.45, 2.75) is 38.8 Å². The minimum atomic E-state index is -0.163. The number of carbonyl (C=O) groups excluding carboxylic acids is 1. The van der Waals surface area contributed by atoms with Crippen LogP contribution in [0.15, 0.2) is 30.5 Å². The molecule has 0 aliphatic carbocycles. The molecule has 0 saturated heterocycles. The maximum atomic E-state index is 11.8. The Labute approximate surface area is 141 Å². The van der Waals surface area contributed by atoms with Gasteiger partial charge < -0.3 is 15.2 Å². The molecule has 1 aliphatic heterocycles. The van der Waals surface area contributed by atoms with Crippen LogP contribution >= 0.6 is 11.6 Å². The fraction of sp³-hybridized carbons (Fsp3) is 0.412. The topological polar surface area (TPSA) is 59.0 Å². The molecule has 0 radical (unpaired) electrons. The first-order valence-electron chi connectivity index (χ1n) is 8.02. The number of hydrogen-bond donors (Lipinski definition) is 2. The van der Waals surface area contributed by atoms with Gasteiger partial charge in [-0.25, -0.2) is 9.78 Å². The summed E-state index contributed by atoms with van der Waals surface area (Å²) in [6.45, 7) is 2.14. The van der Waals surface area contributed by atoms with Gasteiger partial charge in [-0.3, -0.25) is 0 Å². The second-order valence-electron chi connectivity index (χ2n) is 5.78. The van der Waals surface area contributed by atoms with E-state index in [1.807, 2.05) is 24.3 Å². The molecule has 2 aromatic rings. The molecule has 0 bridgehead atoms. The van der Waals surface area contributed by atoms with Gasteiger partial charge in [0.05, 0.1) is 5.69 Å². The minimum absolute atomic E-state index is 0.163. The smallest absolute Gasteiger partial charge is 0.315 e. The van der Waals surface area contributed by atoms with Crippen molar-refractivity contribution in [2.75, 3.05) is 6.54 Å².